The van der Waals surface area contributed by atoms with Crippen molar-refractivity contribution in [2.45, 2.75) is 13.0 Å². The summed E-state index contributed by atoms with van der Waals surface area (Å²) in [5.41, 5.74) is 0.430. The standard InChI is InChI=1S/C21H23FN2O8S2/c1-4-34(29,30)24-16-10-18-15(9-14(16)17(25)11-31-33(3,27)28)19(21(26)23-2)20(32-18)12-5-7-13(22)8-6-12/h5-10,17,24-25H,4,11H2,1-3H3,(H,23,26). The van der Waals surface area contributed by atoms with E-state index in [0.717, 1.165) is 6.26 Å². The van der Waals surface area contributed by atoms with Crippen LogP contribution in [0.4, 0.5) is 10.1 Å². The Morgan fingerprint density at radius 2 is 1.82 bits per heavy atom. The molecule has 10 nitrogen and oxygen atoms in total. The van der Waals surface area contributed by atoms with Crippen LogP contribution in [0.25, 0.3) is 22.3 Å². The molecule has 0 saturated carbocycles. The van der Waals surface area contributed by atoms with Gasteiger partial charge in [-0.3, -0.25) is 13.7 Å². The first-order valence-corrected chi connectivity index (χ1v) is 13.4. The minimum absolute atomic E-state index is 0.0372. The van der Waals surface area contributed by atoms with E-state index in [2.05, 4.69) is 14.2 Å². The molecule has 184 valence electrons. The van der Waals surface area contributed by atoms with Crippen molar-refractivity contribution in [3.63, 3.8) is 0 Å². The number of rotatable bonds is 9. The van der Waals surface area contributed by atoms with Gasteiger partial charge in [0.1, 0.15) is 23.3 Å². The average molecular weight is 515 g/mol. The molecule has 0 fully saturated rings. The fourth-order valence-electron chi connectivity index (χ4n) is 3.20. The van der Waals surface area contributed by atoms with E-state index >= 15 is 0 Å². The quantitative estimate of drug-likeness (QED) is 0.368. The Kier molecular flexibility index (Phi) is 7.31. The molecule has 0 aliphatic carbocycles. The zero-order valence-electron chi connectivity index (χ0n) is 18.5. The molecule has 3 aromatic rings. The lowest BCUT2D eigenvalue weighted by Crippen LogP contribution is -2.19. The lowest BCUT2D eigenvalue weighted by molar-refractivity contribution is 0.0964. The van der Waals surface area contributed by atoms with Gasteiger partial charge in [0.15, 0.2) is 0 Å². The molecular weight excluding hydrogens is 491 g/mol. The molecule has 0 aliphatic heterocycles. The summed E-state index contributed by atoms with van der Waals surface area (Å²) in [6, 6.07) is 7.80. The van der Waals surface area contributed by atoms with Crippen LogP contribution < -0.4 is 10.0 Å². The smallest absolute Gasteiger partial charge is 0.264 e. The van der Waals surface area contributed by atoms with Gasteiger partial charge in [0.05, 0.1) is 29.9 Å². The second-order valence-electron chi connectivity index (χ2n) is 7.34. The van der Waals surface area contributed by atoms with E-state index < -0.39 is 44.6 Å². The van der Waals surface area contributed by atoms with Gasteiger partial charge in [0.2, 0.25) is 10.0 Å². The molecule has 0 saturated heterocycles. The van der Waals surface area contributed by atoms with E-state index in [9.17, 15) is 31.1 Å². The Morgan fingerprint density at radius 3 is 2.38 bits per heavy atom. The largest absolute Gasteiger partial charge is 0.455 e. The Labute approximate surface area is 195 Å². The monoisotopic (exact) mass is 514 g/mol. The van der Waals surface area contributed by atoms with Gasteiger partial charge in [-0.05, 0) is 37.3 Å². The third-order valence-corrected chi connectivity index (χ3v) is 6.72. The molecule has 1 unspecified atom stereocenters. The highest BCUT2D eigenvalue weighted by Gasteiger charge is 2.26. The predicted octanol–water partition coefficient (Wildman–Crippen LogP) is 2.37. The van der Waals surface area contributed by atoms with E-state index in [1.165, 1.54) is 50.4 Å². The minimum atomic E-state index is -3.90. The molecule has 2 aromatic carbocycles. The number of hydrogen-bond donors (Lipinski definition) is 3. The van der Waals surface area contributed by atoms with Crippen molar-refractivity contribution < 1.29 is 39.7 Å². The molecule has 0 spiro atoms. The molecule has 3 N–H and O–H groups in total. The summed E-state index contributed by atoms with van der Waals surface area (Å²) in [6.07, 6.45) is -0.770. The molecule has 0 radical (unpaired) electrons. The van der Waals surface area contributed by atoms with E-state index in [-0.39, 0.29) is 39.3 Å². The van der Waals surface area contributed by atoms with Crippen LogP contribution in [0.3, 0.4) is 0 Å². The molecule has 1 atom stereocenters. The van der Waals surface area contributed by atoms with Crippen molar-refractivity contribution in [3.05, 3.63) is 53.3 Å². The highest BCUT2D eigenvalue weighted by molar-refractivity contribution is 7.92. The van der Waals surface area contributed by atoms with Crippen LogP contribution in [0.1, 0.15) is 28.9 Å². The van der Waals surface area contributed by atoms with Gasteiger partial charge >= 0.3 is 0 Å². The molecule has 0 aliphatic rings. The highest BCUT2D eigenvalue weighted by Crippen LogP contribution is 2.38. The van der Waals surface area contributed by atoms with Gasteiger partial charge in [-0.1, -0.05) is 0 Å². The number of hydrogen-bond acceptors (Lipinski definition) is 8. The topological polar surface area (TPSA) is 152 Å². The van der Waals surface area contributed by atoms with Crippen molar-refractivity contribution in [1.82, 2.24) is 5.32 Å². The van der Waals surface area contributed by atoms with Crippen LogP contribution in [-0.2, 0) is 24.3 Å². The molecule has 3 rings (SSSR count). The fraction of sp³-hybridized carbons (Fsp3) is 0.286. The van der Waals surface area contributed by atoms with Gasteiger partial charge in [-0.25, -0.2) is 12.8 Å². The van der Waals surface area contributed by atoms with Crippen molar-refractivity contribution in [1.29, 1.82) is 0 Å². The maximum atomic E-state index is 13.4. The van der Waals surface area contributed by atoms with Crippen molar-refractivity contribution in [2.24, 2.45) is 0 Å². The number of fused-ring (bicyclic) bond motifs is 1. The van der Waals surface area contributed by atoms with Crippen LogP contribution in [0.2, 0.25) is 0 Å². The van der Waals surface area contributed by atoms with Crippen LogP contribution in [0.15, 0.2) is 40.8 Å². The summed E-state index contributed by atoms with van der Waals surface area (Å²) in [4.78, 5) is 12.7. The van der Waals surface area contributed by atoms with Gasteiger partial charge < -0.3 is 14.8 Å². The Bertz CT molecular complexity index is 1430. The second-order valence-corrected chi connectivity index (χ2v) is 11.0. The number of aliphatic hydroxyl groups is 1. The molecular formula is C21H23FN2O8S2. The molecule has 0 bridgehead atoms. The van der Waals surface area contributed by atoms with Crippen LogP contribution in [0.5, 0.6) is 0 Å². The Balaban J connectivity index is 2.27. The molecule has 1 amide bonds. The third kappa shape index (κ3) is 5.73. The fourth-order valence-corrected chi connectivity index (χ4v) is 4.23. The summed E-state index contributed by atoms with van der Waals surface area (Å²) >= 11 is 0. The minimum Gasteiger partial charge on any atom is -0.455 e. The van der Waals surface area contributed by atoms with E-state index in [4.69, 9.17) is 4.42 Å². The number of nitrogens with one attached hydrogen (secondary N) is 2. The molecule has 1 aromatic heterocycles. The maximum Gasteiger partial charge on any atom is 0.264 e. The normalized spacial score (nSPS) is 13.1. The summed E-state index contributed by atoms with van der Waals surface area (Å²) < 4.78 is 73.4. The number of halogens is 1. The van der Waals surface area contributed by atoms with Crippen molar-refractivity contribution >= 4 is 42.7 Å². The van der Waals surface area contributed by atoms with Crippen molar-refractivity contribution in [2.75, 3.05) is 30.4 Å². The summed E-state index contributed by atoms with van der Waals surface area (Å²) in [5, 5.41) is 13.3. The number of benzene rings is 2. The first kappa shape index (κ1) is 25.6. The number of carbonyl (C=O) groups excluding carboxylic acids is 1. The van der Waals surface area contributed by atoms with Gasteiger partial charge in [-0.15, -0.1) is 0 Å². The Morgan fingerprint density at radius 1 is 1.18 bits per heavy atom. The van der Waals surface area contributed by atoms with Gasteiger partial charge in [0, 0.05) is 29.6 Å². The SMILES string of the molecule is CCS(=O)(=O)Nc1cc2oc(-c3ccc(F)cc3)c(C(=O)NC)c2cc1C(O)COS(C)(=O)=O. The van der Waals surface area contributed by atoms with Crippen LogP contribution in [0, 0.1) is 5.82 Å². The van der Waals surface area contributed by atoms with Crippen LogP contribution in [-0.4, -0.2) is 53.5 Å². The second kappa shape index (κ2) is 9.70. The van der Waals surface area contributed by atoms with Crippen LogP contribution >= 0.6 is 0 Å². The lowest BCUT2D eigenvalue weighted by Gasteiger charge is -2.17. The Hall–Kier alpha value is -3.00. The first-order valence-electron chi connectivity index (χ1n) is 9.96. The average Bonchev–Trinajstić information content (AvgIpc) is 3.14. The molecule has 13 heteroatoms. The zero-order valence-corrected chi connectivity index (χ0v) is 20.1. The van der Waals surface area contributed by atoms with Crippen molar-refractivity contribution in [3.8, 4) is 11.3 Å². The third-order valence-electron chi connectivity index (χ3n) is 4.87. The number of aliphatic hydroxyl groups excluding tert-OH is 1. The lowest BCUT2D eigenvalue weighted by atomic mass is 10.0. The first-order chi connectivity index (χ1) is 15.8. The van der Waals surface area contributed by atoms with E-state index in [1.807, 2.05) is 0 Å². The molecule has 1 heterocycles. The predicted molar refractivity (Wildman–Crippen MR) is 124 cm³/mol. The number of furan rings is 1. The number of carbonyl (C=O) groups is 1. The zero-order chi connectivity index (χ0) is 25.3. The van der Waals surface area contributed by atoms with Gasteiger partial charge in [0.25, 0.3) is 16.0 Å². The summed E-state index contributed by atoms with van der Waals surface area (Å²) in [7, 11) is -6.30. The van der Waals surface area contributed by atoms with Gasteiger partial charge in [-0.2, -0.15) is 8.42 Å². The highest BCUT2D eigenvalue weighted by atomic mass is 32.2. The number of anilines is 1. The molecule has 34 heavy (non-hydrogen) atoms. The van der Waals surface area contributed by atoms with E-state index in [0.29, 0.717) is 5.56 Å². The summed E-state index contributed by atoms with van der Waals surface area (Å²) in [5.74, 6) is -1.22. The summed E-state index contributed by atoms with van der Waals surface area (Å²) in [6.45, 7) is 0.718. The maximum absolute atomic E-state index is 13.4. The van der Waals surface area contributed by atoms with E-state index in [1.54, 1.807) is 0 Å². The number of amides is 1. The number of sulfonamides is 1.